The van der Waals surface area contributed by atoms with Gasteiger partial charge in [0.05, 0.1) is 23.2 Å². The number of benzene rings is 3. The number of carbonyl (C=O) groups excluding carboxylic acids is 1. The molecule has 0 radical (unpaired) electrons. The molecule has 6 nitrogen and oxygen atoms in total. The van der Waals surface area contributed by atoms with Crippen LogP contribution in [0.2, 0.25) is 0 Å². The summed E-state index contributed by atoms with van der Waals surface area (Å²) in [5.74, 6) is 0.00734. The second kappa shape index (κ2) is 6.34. The van der Waals surface area contributed by atoms with Crippen molar-refractivity contribution in [3.8, 4) is 0 Å². The highest BCUT2D eigenvalue weighted by molar-refractivity contribution is 9.10. The molecule has 1 atom stereocenters. The predicted octanol–water partition coefficient (Wildman–Crippen LogP) is 4.02. The molecule has 0 fully saturated rings. The van der Waals surface area contributed by atoms with Crippen LogP contribution < -0.4 is 5.32 Å². The van der Waals surface area contributed by atoms with Crippen LogP contribution in [-0.2, 0) is 26.2 Å². The van der Waals surface area contributed by atoms with Crippen LogP contribution >= 0.6 is 15.9 Å². The lowest BCUT2D eigenvalue weighted by Crippen LogP contribution is -2.18. The van der Waals surface area contributed by atoms with E-state index in [0.717, 1.165) is 64.8 Å². The van der Waals surface area contributed by atoms with E-state index >= 15 is 0 Å². The van der Waals surface area contributed by atoms with E-state index in [1.165, 1.54) is 0 Å². The zero-order valence-corrected chi connectivity index (χ0v) is 18.7. The number of fused-ring (bicyclic) bond motifs is 9. The number of aromatic nitrogens is 2. The largest absolute Gasteiger partial charge is 0.396 e. The summed E-state index contributed by atoms with van der Waals surface area (Å²) < 4.78 is 5.58. The topological polar surface area (TPSA) is 79.4 Å². The Morgan fingerprint density at radius 1 is 0.969 bits per heavy atom. The molecule has 2 aromatic heterocycles. The van der Waals surface area contributed by atoms with Crippen LogP contribution in [0, 0.1) is 5.92 Å². The summed E-state index contributed by atoms with van der Waals surface area (Å²) in [7, 11) is 0. The first kappa shape index (κ1) is 18.7. The van der Waals surface area contributed by atoms with Gasteiger partial charge in [0.25, 0.3) is 5.91 Å². The molecular weight excluding hydrogens is 470 g/mol. The number of hydrogen-bond acceptors (Lipinski definition) is 3. The van der Waals surface area contributed by atoms with Crippen molar-refractivity contribution >= 4 is 65.4 Å². The Morgan fingerprint density at radius 2 is 1.66 bits per heavy atom. The van der Waals surface area contributed by atoms with Crippen LogP contribution in [0.5, 0.6) is 0 Å². The third-order valence-electron chi connectivity index (χ3n) is 7.21. The van der Waals surface area contributed by atoms with Crippen LogP contribution in [0.15, 0.2) is 40.9 Å². The van der Waals surface area contributed by atoms with Crippen LogP contribution in [0.3, 0.4) is 0 Å². The molecule has 3 N–H and O–H groups in total. The third-order valence-corrected chi connectivity index (χ3v) is 7.70. The van der Waals surface area contributed by atoms with Gasteiger partial charge in [0.1, 0.15) is 0 Å². The number of amides is 1. The lowest BCUT2D eigenvalue weighted by molar-refractivity contribution is 0.0967. The maximum atomic E-state index is 13.1. The van der Waals surface area contributed by atoms with Gasteiger partial charge in [0.15, 0.2) is 0 Å². The molecule has 4 heterocycles. The standard InChI is InChI=1S/C25H20BrN3O3/c26-14-2-4-19-16(6-14)21-22-17(7-27-25(22)32)20-15-5-12(10-30)1-3-18(15)28-8-13(11-31)9-29(19)24(21)23(20)28/h1-6,13,30-31H,7-11H2,(H,27,32). The van der Waals surface area contributed by atoms with E-state index in [2.05, 4.69) is 48.6 Å². The van der Waals surface area contributed by atoms with Gasteiger partial charge in [0, 0.05) is 69.2 Å². The molecule has 0 spiro atoms. The molecular formula is C25H20BrN3O3. The SMILES string of the molecule is O=C1NCc2c1c1c3cc(Br)ccc3n3c1c1c2c2cc(CO)ccc2n1CC(CO)C3. The molecule has 5 aromatic rings. The molecule has 2 aliphatic rings. The van der Waals surface area contributed by atoms with Crippen LogP contribution in [0.25, 0.3) is 43.6 Å². The van der Waals surface area contributed by atoms with E-state index in [1.54, 1.807) is 0 Å². The number of hydrogen-bond donors (Lipinski definition) is 3. The minimum Gasteiger partial charge on any atom is -0.396 e. The van der Waals surface area contributed by atoms with E-state index < -0.39 is 0 Å². The summed E-state index contributed by atoms with van der Waals surface area (Å²) in [6.45, 7) is 1.93. The monoisotopic (exact) mass is 489 g/mol. The molecule has 2 aliphatic heterocycles. The van der Waals surface area contributed by atoms with Gasteiger partial charge in [0.2, 0.25) is 0 Å². The summed E-state index contributed by atoms with van der Waals surface area (Å²) in [6.07, 6.45) is 0. The first-order valence-corrected chi connectivity index (χ1v) is 11.6. The Morgan fingerprint density at radius 3 is 2.38 bits per heavy atom. The molecule has 0 bridgehead atoms. The van der Waals surface area contributed by atoms with Crippen molar-refractivity contribution < 1.29 is 15.0 Å². The van der Waals surface area contributed by atoms with Crippen LogP contribution in [0.4, 0.5) is 0 Å². The molecule has 0 saturated heterocycles. The fraction of sp³-hybridized carbons (Fsp3) is 0.240. The van der Waals surface area contributed by atoms with Crippen LogP contribution in [-0.4, -0.2) is 31.9 Å². The summed E-state index contributed by atoms with van der Waals surface area (Å²) in [4.78, 5) is 13.1. The average Bonchev–Trinajstić information content (AvgIpc) is 3.39. The van der Waals surface area contributed by atoms with Crippen molar-refractivity contribution in [1.82, 2.24) is 14.5 Å². The van der Waals surface area contributed by atoms with Crippen molar-refractivity contribution in [2.24, 2.45) is 5.92 Å². The molecule has 3 aromatic carbocycles. The molecule has 7 heteroatoms. The summed E-state index contributed by atoms with van der Waals surface area (Å²) >= 11 is 3.61. The zero-order chi connectivity index (χ0) is 21.7. The van der Waals surface area contributed by atoms with Crippen molar-refractivity contribution in [3.05, 3.63) is 57.6 Å². The van der Waals surface area contributed by atoms with Gasteiger partial charge < -0.3 is 24.7 Å². The Balaban J connectivity index is 1.83. The molecule has 0 saturated carbocycles. The van der Waals surface area contributed by atoms with E-state index in [4.69, 9.17) is 0 Å². The summed E-state index contributed by atoms with van der Waals surface area (Å²) in [6, 6.07) is 12.3. The number of aliphatic hydroxyl groups excluding tert-OH is 2. The Hall–Kier alpha value is -2.87. The normalized spacial score (nSPS) is 17.7. The first-order valence-electron chi connectivity index (χ1n) is 10.8. The van der Waals surface area contributed by atoms with E-state index in [9.17, 15) is 15.0 Å². The second-order valence-corrected chi connectivity index (χ2v) is 9.84. The highest BCUT2D eigenvalue weighted by atomic mass is 79.9. The van der Waals surface area contributed by atoms with E-state index in [0.29, 0.717) is 19.6 Å². The smallest absolute Gasteiger partial charge is 0.252 e. The van der Waals surface area contributed by atoms with Crippen molar-refractivity contribution in [2.75, 3.05) is 6.61 Å². The zero-order valence-electron chi connectivity index (χ0n) is 17.2. The summed E-state index contributed by atoms with van der Waals surface area (Å²) in [5.41, 5.74) is 6.95. The lowest BCUT2D eigenvalue weighted by Gasteiger charge is -2.15. The lowest BCUT2D eigenvalue weighted by atomic mass is 9.96. The molecule has 32 heavy (non-hydrogen) atoms. The minimum atomic E-state index is -0.0388. The highest BCUT2D eigenvalue weighted by Crippen LogP contribution is 2.46. The molecule has 7 rings (SSSR count). The maximum Gasteiger partial charge on any atom is 0.252 e. The van der Waals surface area contributed by atoms with Gasteiger partial charge >= 0.3 is 0 Å². The second-order valence-electron chi connectivity index (χ2n) is 8.92. The van der Waals surface area contributed by atoms with E-state index in [-0.39, 0.29) is 25.0 Å². The number of aliphatic hydroxyl groups is 2. The summed E-state index contributed by atoms with van der Waals surface area (Å²) in [5, 5.41) is 27.2. The van der Waals surface area contributed by atoms with Crippen molar-refractivity contribution in [2.45, 2.75) is 26.2 Å². The molecule has 160 valence electrons. The van der Waals surface area contributed by atoms with Gasteiger partial charge in [-0.2, -0.15) is 0 Å². The number of nitrogens with one attached hydrogen (secondary N) is 1. The fourth-order valence-corrected chi connectivity index (χ4v) is 6.27. The predicted molar refractivity (Wildman–Crippen MR) is 128 cm³/mol. The van der Waals surface area contributed by atoms with Gasteiger partial charge in [-0.25, -0.2) is 0 Å². The average molecular weight is 490 g/mol. The molecule has 1 amide bonds. The van der Waals surface area contributed by atoms with Crippen molar-refractivity contribution in [3.63, 3.8) is 0 Å². The Labute approximate surface area is 191 Å². The number of halogens is 1. The Kier molecular flexibility index (Phi) is 3.70. The number of nitrogens with zero attached hydrogens (tertiary/aromatic N) is 2. The van der Waals surface area contributed by atoms with E-state index in [1.807, 2.05) is 18.2 Å². The van der Waals surface area contributed by atoms with Gasteiger partial charge in [-0.15, -0.1) is 0 Å². The number of rotatable bonds is 2. The minimum absolute atomic E-state index is 0.0300. The molecule has 0 aliphatic carbocycles. The fourth-order valence-electron chi connectivity index (χ4n) is 5.91. The first-order chi connectivity index (χ1) is 15.6. The molecule has 1 unspecified atom stereocenters. The van der Waals surface area contributed by atoms with Gasteiger partial charge in [-0.05, 0) is 41.5 Å². The van der Waals surface area contributed by atoms with Crippen LogP contribution in [0.1, 0.15) is 21.5 Å². The highest BCUT2D eigenvalue weighted by Gasteiger charge is 2.34. The third kappa shape index (κ3) is 2.18. The number of carbonyl (C=O) groups is 1. The van der Waals surface area contributed by atoms with Crippen molar-refractivity contribution in [1.29, 1.82) is 0 Å². The van der Waals surface area contributed by atoms with Gasteiger partial charge in [-0.3, -0.25) is 4.79 Å². The maximum absolute atomic E-state index is 13.1. The Bertz CT molecular complexity index is 1650. The van der Waals surface area contributed by atoms with Gasteiger partial charge in [-0.1, -0.05) is 22.0 Å². The quantitative estimate of drug-likeness (QED) is 0.350.